The highest BCUT2D eigenvalue weighted by Gasteiger charge is 2.12. The van der Waals surface area contributed by atoms with Gasteiger partial charge >= 0.3 is 0 Å². The monoisotopic (exact) mass is 296 g/mol. The molecule has 6 heteroatoms. The highest BCUT2D eigenvalue weighted by molar-refractivity contribution is 6.33. The fourth-order valence-corrected chi connectivity index (χ4v) is 1.80. The number of amides is 1. The summed E-state index contributed by atoms with van der Waals surface area (Å²) in [6, 6.07) is 8.94. The number of anilines is 2. The zero-order valence-corrected chi connectivity index (χ0v) is 11.2. The van der Waals surface area contributed by atoms with Gasteiger partial charge in [0, 0.05) is 10.7 Å². The number of phenols is 1. The second-order valence-electron chi connectivity index (χ2n) is 3.85. The summed E-state index contributed by atoms with van der Waals surface area (Å²) in [6.07, 6.45) is 0. The van der Waals surface area contributed by atoms with Crippen molar-refractivity contribution < 1.29 is 9.90 Å². The van der Waals surface area contributed by atoms with Crippen molar-refractivity contribution in [1.82, 2.24) is 0 Å². The van der Waals surface area contributed by atoms with E-state index in [1.807, 2.05) is 0 Å². The average Bonchev–Trinajstić information content (AvgIpc) is 2.36. The molecule has 0 atom stereocenters. The van der Waals surface area contributed by atoms with Crippen LogP contribution >= 0.6 is 23.2 Å². The molecule has 4 nitrogen and oxygen atoms in total. The number of phenolic OH excluding ortho intramolecular Hbond substituents is 1. The minimum absolute atomic E-state index is 0.0843. The Hall–Kier alpha value is -1.91. The standard InChI is InChI=1S/C13H10Cl2N2O2/c14-7-1-4-12(18)9(5-7)13(19)17-8-2-3-10(15)11(16)6-8/h1-6,18H,16H2,(H,17,19). The third-order valence-corrected chi connectivity index (χ3v) is 3.04. The Labute approximate surface area is 119 Å². The topological polar surface area (TPSA) is 75.3 Å². The van der Waals surface area contributed by atoms with E-state index in [4.69, 9.17) is 28.9 Å². The van der Waals surface area contributed by atoms with Gasteiger partial charge < -0.3 is 16.2 Å². The molecule has 0 unspecified atom stereocenters. The summed E-state index contributed by atoms with van der Waals surface area (Å²) in [7, 11) is 0. The van der Waals surface area contributed by atoms with Crippen LogP contribution in [-0.2, 0) is 0 Å². The minimum atomic E-state index is -0.485. The number of aromatic hydroxyl groups is 1. The molecule has 0 spiro atoms. The number of nitrogens with two attached hydrogens (primary N) is 1. The highest BCUT2D eigenvalue weighted by atomic mass is 35.5. The van der Waals surface area contributed by atoms with E-state index in [0.29, 0.717) is 21.4 Å². The van der Waals surface area contributed by atoms with Crippen LogP contribution < -0.4 is 11.1 Å². The molecular formula is C13H10Cl2N2O2. The van der Waals surface area contributed by atoms with Crippen LogP contribution in [0.15, 0.2) is 36.4 Å². The summed E-state index contributed by atoms with van der Waals surface area (Å²) >= 11 is 11.6. The molecule has 0 fully saturated rings. The first-order valence-corrected chi connectivity index (χ1v) is 6.08. The van der Waals surface area contributed by atoms with Crippen molar-refractivity contribution in [2.45, 2.75) is 0 Å². The largest absolute Gasteiger partial charge is 0.507 e. The van der Waals surface area contributed by atoms with Crippen LogP contribution in [0.4, 0.5) is 11.4 Å². The number of carbonyl (C=O) groups is 1. The summed E-state index contributed by atoms with van der Waals surface area (Å²) in [5.41, 5.74) is 6.55. The van der Waals surface area contributed by atoms with Gasteiger partial charge in [0.25, 0.3) is 5.91 Å². The molecule has 0 saturated heterocycles. The van der Waals surface area contributed by atoms with Gasteiger partial charge in [-0.25, -0.2) is 0 Å². The lowest BCUT2D eigenvalue weighted by Crippen LogP contribution is -2.12. The Morgan fingerprint density at radius 1 is 1.16 bits per heavy atom. The van der Waals surface area contributed by atoms with E-state index in [0.717, 1.165) is 0 Å². The van der Waals surface area contributed by atoms with Gasteiger partial charge in [-0.1, -0.05) is 23.2 Å². The van der Waals surface area contributed by atoms with Gasteiger partial charge in [0.05, 0.1) is 16.3 Å². The van der Waals surface area contributed by atoms with E-state index in [1.165, 1.54) is 24.3 Å². The van der Waals surface area contributed by atoms with Crippen LogP contribution in [-0.4, -0.2) is 11.0 Å². The highest BCUT2D eigenvalue weighted by Crippen LogP contribution is 2.25. The third-order valence-electron chi connectivity index (χ3n) is 2.46. The van der Waals surface area contributed by atoms with Gasteiger partial charge in [0.2, 0.25) is 0 Å². The zero-order chi connectivity index (χ0) is 14.0. The van der Waals surface area contributed by atoms with Gasteiger partial charge in [-0.15, -0.1) is 0 Å². The Balaban J connectivity index is 2.25. The summed E-state index contributed by atoms with van der Waals surface area (Å²) in [5.74, 6) is -0.634. The van der Waals surface area contributed by atoms with Crippen molar-refractivity contribution in [2.24, 2.45) is 0 Å². The number of nitrogens with one attached hydrogen (secondary N) is 1. The van der Waals surface area contributed by atoms with Crippen LogP contribution in [0, 0.1) is 0 Å². The number of hydrogen-bond acceptors (Lipinski definition) is 3. The Bertz CT molecular complexity index is 645. The maximum Gasteiger partial charge on any atom is 0.259 e. The fourth-order valence-electron chi connectivity index (χ4n) is 1.51. The van der Waals surface area contributed by atoms with Crippen LogP contribution in [0.1, 0.15) is 10.4 Å². The first kappa shape index (κ1) is 13.5. The zero-order valence-electron chi connectivity index (χ0n) is 9.65. The van der Waals surface area contributed by atoms with E-state index in [9.17, 15) is 9.90 Å². The normalized spacial score (nSPS) is 10.2. The molecule has 98 valence electrons. The molecular weight excluding hydrogens is 287 g/mol. The van der Waals surface area contributed by atoms with Crippen molar-refractivity contribution >= 4 is 40.5 Å². The van der Waals surface area contributed by atoms with Crippen molar-refractivity contribution in [3.8, 4) is 5.75 Å². The molecule has 1 amide bonds. The number of rotatable bonds is 2. The maximum atomic E-state index is 12.0. The first-order chi connectivity index (χ1) is 8.97. The van der Waals surface area contributed by atoms with Gasteiger partial charge in [-0.2, -0.15) is 0 Å². The molecule has 0 bridgehead atoms. The number of benzene rings is 2. The van der Waals surface area contributed by atoms with E-state index in [1.54, 1.807) is 12.1 Å². The predicted octanol–water partition coefficient (Wildman–Crippen LogP) is 3.53. The number of halogens is 2. The molecule has 0 radical (unpaired) electrons. The van der Waals surface area contributed by atoms with Crippen molar-refractivity contribution in [1.29, 1.82) is 0 Å². The molecule has 4 N–H and O–H groups in total. The van der Waals surface area contributed by atoms with Gasteiger partial charge in [-0.05, 0) is 36.4 Å². The summed E-state index contributed by atoms with van der Waals surface area (Å²) in [6.45, 7) is 0. The number of carbonyl (C=O) groups excluding carboxylic acids is 1. The fraction of sp³-hybridized carbons (Fsp3) is 0. The molecule has 0 aliphatic heterocycles. The van der Waals surface area contributed by atoms with E-state index < -0.39 is 5.91 Å². The average molecular weight is 297 g/mol. The molecule has 19 heavy (non-hydrogen) atoms. The van der Waals surface area contributed by atoms with Crippen LogP contribution in [0.5, 0.6) is 5.75 Å². The lowest BCUT2D eigenvalue weighted by atomic mass is 10.2. The van der Waals surface area contributed by atoms with E-state index in [2.05, 4.69) is 5.32 Å². The first-order valence-electron chi connectivity index (χ1n) is 5.32. The van der Waals surface area contributed by atoms with E-state index in [-0.39, 0.29) is 11.3 Å². The van der Waals surface area contributed by atoms with Gasteiger partial charge in [0.15, 0.2) is 0 Å². The molecule has 0 aliphatic carbocycles. The van der Waals surface area contributed by atoms with Gasteiger partial charge in [-0.3, -0.25) is 4.79 Å². The van der Waals surface area contributed by atoms with Crippen LogP contribution in [0.25, 0.3) is 0 Å². The quantitative estimate of drug-likeness (QED) is 0.742. The molecule has 0 heterocycles. The Kier molecular flexibility index (Phi) is 3.83. The van der Waals surface area contributed by atoms with Crippen molar-refractivity contribution in [3.63, 3.8) is 0 Å². The van der Waals surface area contributed by atoms with Crippen molar-refractivity contribution in [3.05, 3.63) is 52.0 Å². The smallest absolute Gasteiger partial charge is 0.259 e. The minimum Gasteiger partial charge on any atom is -0.507 e. The Morgan fingerprint density at radius 3 is 2.58 bits per heavy atom. The predicted molar refractivity (Wildman–Crippen MR) is 76.9 cm³/mol. The molecule has 2 aromatic rings. The lowest BCUT2D eigenvalue weighted by Gasteiger charge is -2.08. The number of nitrogen functional groups attached to an aromatic ring is 1. The second-order valence-corrected chi connectivity index (χ2v) is 4.70. The van der Waals surface area contributed by atoms with Crippen LogP contribution in [0.3, 0.4) is 0 Å². The van der Waals surface area contributed by atoms with Gasteiger partial charge in [0.1, 0.15) is 5.75 Å². The third kappa shape index (κ3) is 3.10. The van der Waals surface area contributed by atoms with E-state index >= 15 is 0 Å². The molecule has 0 aliphatic rings. The summed E-state index contributed by atoms with van der Waals surface area (Å²) in [5, 5.41) is 13.0. The maximum absolute atomic E-state index is 12.0. The Morgan fingerprint density at radius 2 is 1.89 bits per heavy atom. The SMILES string of the molecule is Nc1cc(NC(=O)c2cc(Cl)ccc2O)ccc1Cl. The molecule has 0 saturated carbocycles. The lowest BCUT2D eigenvalue weighted by molar-refractivity contribution is 0.102. The summed E-state index contributed by atoms with van der Waals surface area (Å²) in [4.78, 5) is 12.0. The second kappa shape index (κ2) is 5.38. The van der Waals surface area contributed by atoms with Crippen molar-refractivity contribution in [2.75, 3.05) is 11.1 Å². The van der Waals surface area contributed by atoms with Crippen LogP contribution in [0.2, 0.25) is 10.0 Å². The molecule has 0 aromatic heterocycles. The summed E-state index contributed by atoms with van der Waals surface area (Å²) < 4.78 is 0. The molecule has 2 rings (SSSR count). The molecule has 2 aromatic carbocycles. The number of hydrogen-bond donors (Lipinski definition) is 3.